The van der Waals surface area contributed by atoms with E-state index < -0.39 is 27.5 Å². The third-order valence-corrected chi connectivity index (χ3v) is 7.24. The van der Waals surface area contributed by atoms with E-state index >= 15 is 0 Å². The van der Waals surface area contributed by atoms with E-state index in [-0.39, 0.29) is 30.3 Å². The molecule has 6 nitrogen and oxygen atoms in total. The molecule has 7 heteroatoms. The molecule has 0 amide bonds. The first-order chi connectivity index (χ1) is 11.3. The molecule has 0 aromatic heterocycles. The van der Waals surface area contributed by atoms with Crippen LogP contribution in [0.3, 0.4) is 0 Å². The lowest BCUT2D eigenvalue weighted by Crippen LogP contribution is -2.57. The Hall–Kier alpha value is -1.44. The number of sulfonamides is 1. The van der Waals surface area contributed by atoms with Gasteiger partial charge in [-0.1, -0.05) is 31.0 Å². The van der Waals surface area contributed by atoms with Crippen molar-refractivity contribution in [3.63, 3.8) is 0 Å². The molecule has 24 heavy (non-hydrogen) atoms. The molecule has 1 aliphatic heterocycles. The van der Waals surface area contributed by atoms with Gasteiger partial charge >= 0.3 is 5.97 Å². The predicted molar refractivity (Wildman–Crippen MR) is 88.0 cm³/mol. The Morgan fingerprint density at radius 2 is 1.96 bits per heavy atom. The van der Waals surface area contributed by atoms with Gasteiger partial charge in [-0.25, -0.2) is 8.42 Å². The highest BCUT2D eigenvalue weighted by molar-refractivity contribution is 7.89. The number of aliphatic hydroxyl groups is 1. The SMILES string of the molecule is Cc1ccccc1S(=O)(=O)N1CCC(O)[C@@](CC2CC2)(C(=O)O)C1. The van der Waals surface area contributed by atoms with Gasteiger partial charge in [0, 0.05) is 13.1 Å². The Balaban J connectivity index is 1.94. The minimum atomic E-state index is -3.78. The monoisotopic (exact) mass is 353 g/mol. The number of carboxylic acid groups (broad SMARTS) is 1. The third-order valence-electron chi connectivity index (χ3n) is 5.24. The van der Waals surface area contributed by atoms with Crippen molar-refractivity contribution in [2.45, 2.75) is 43.6 Å². The Labute approximate surface area is 142 Å². The van der Waals surface area contributed by atoms with Crippen LogP contribution in [0, 0.1) is 18.3 Å². The molecule has 1 aromatic carbocycles. The average molecular weight is 353 g/mol. The van der Waals surface area contributed by atoms with Crippen molar-refractivity contribution in [2.75, 3.05) is 13.1 Å². The fourth-order valence-electron chi connectivity index (χ4n) is 3.57. The van der Waals surface area contributed by atoms with E-state index in [4.69, 9.17) is 0 Å². The Morgan fingerprint density at radius 3 is 2.54 bits per heavy atom. The second kappa shape index (κ2) is 6.13. The van der Waals surface area contributed by atoms with Gasteiger partial charge in [0.25, 0.3) is 0 Å². The quantitative estimate of drug-likeness (QED) is 0.839. The zero-order valence-electron chi connectivity index (χ0n) is 13.7. The molecule has 2 aliphatic rings. The number of carbonyl (C=O) groups is 1. The molecule has 1 heterocycles. The van der Waals surface area contributed by atoms with Gasteiger partial charge in [-0.2, -0.15) is 4.31 Å². The molecule has 1 aromatic rings. The van der Waals surface area contributed by atoms with Crippen LogP contribution in [0.25, 0.3) is 0 Å². The predicted octanol–water partition coefficient (Wildman–Crippen LogP) is 1.62. The summed E-state index contributed by atoms with van der Waals surface area (Å²) in [6.45, 7) is 1.69. The lowest BCUT2D eigenvalue weighted by atomic mass is 9.74. The molecule has 1 unspecified atom stereocenters. The van der Waals surface area contributed by atoms with Crippen molar-refractivity contribution in [1.82, 2.24) is 4.31 Å². The van der Waals surface area contributed by atoms with Crippen molar-refractivity contribution in [3.05, 3.63) is 29.8 Å². The normalized spacial score (nSPS) is 28.7. The van der Waals surface area contributed by atoms with Crippen molar-refractivity contribution >= 4 is 16.0 Å². The van der Waals surface area contributed by atoms with Crippen LogP contribution < -0.4 is 0 Å². The molecule has 0 spiro atoms. The summed E-state index contributed by atoms with van der Waals surface area (Å²) < 4.78 is 27.2. The number of carboxylic acids is 1. The van der Waals surface area contributed by atoms with Crippen molar-refractivity contribution in [3.8, 4) is 0 Å². The van der Waals surface area contributed by atoms with Crippen molar-refractivity contribution in [1.29, 1.82) is 0 Å². The topological polar surface area (TPSA) is 94.9 Å². The minimum absolute atomic E-state index is 0.136. The van der Waals surface area contributed by atoms with E-state index in [1.807, 2.05) is 0 Å². The first-order valence-corrected chi connectivity index (χ1v) is 9.68. The Kier molecular flexibility index (Phi) is 4.44. The van der Waals surface area contributed by atoms with Gasteiger partial charge in [-0.3, -0.25) is 4.79 Å². The van der Waals surface area contributed by atoms with Crippen LogP contribution >= 0.6 is 0 Å². The van der Waals surface area contributed by atoms with Gasteiger partial charge in [0.2, 0.25) is 10.0 Å². The molecule has 1 saturated heterocycles. The summed E-state index contributed by atoms with van der Waals surface area (Å²) >= 11 is 0. The fourth-order valence-corrected chi connectivity index (χ4v) is 5.32. The Bertz CT molecular complexity index is 743. The molecular weight excluding hydrogens is 330 g/mol. The summed E-state index contributed by atoms with van der Waals surface area (Å²) in [6, 6.07) is 6.69. The van der Waals surface area contributed by atoms with Crippen LogP contribution in [0.1, 0.15) is 31.2 Å². The molecule has 1 aliphatic carbocycles. The summed E-state index contributed by atoms with van der Waals surface area (Å²) in [5.41, 5.74) is -0.776. The maximum absolute atomic E-state index is 13.0. The van der Waals surface area contributed by atoms with Crippen LogP contribution in [-0.4, -0.2) is 48.1 Å². The molecule has 2 atom stereocenters. The standard InChI is InChI=1S/C17H23NO5S/c1-12-4-2-3-5-14(12)24(22,23)18-9-8-15(19)17(11-18,16(20)21)10-13-6-7-13/h2-5,13,15,19H,6-11H2,1H3,(H,20,21)/t15?,17-/m0/s1. The number of hydrogen-bond acceptors (Lipinski definition) is 4. The number of aliphatic hydroxyl groups excluding tert-OH is 1. The number of hydrogen-bond donors (Lipinski definition) is 2. The number of piperidine rings is 1. The number of aryl methyl sites for hydroxylation is 1. The highest BCUT2D eigenvalue weighted by Gasteiger charge is 2.53. The lowest BCUT2D eigenvalue weighted by molar-refractivity contribution is -0.162. The molecule has 1 saturated carbocycles. The fraction of sp³-hybridized carbons (Fsp3) is 0.588. The van der Waals surface area contributed by atoms with E-state index in [9.17, 15) is 23.4 Å². The van der Waals surface area contributed by atoms with Gasteiger partial charge in [0.15, 0.2) is 0 Å². The molecule has 132 valence electrons. The average Bonchev–Trinajstić information content (AvgIpc) is 3.33. The van der Waals surface area contributed by atoms with E-state index in [2.05, 4.69) is 0 Å². The highest BCUT2D eigenvalue weighted by Crippen LogP contribution is 2.45. The number of aliphatic carboxylic acids is 1. The third kappa shape index (κ3) is 2.96. The van der Waals surface area contributed by atoms with Gasteiger partial charge < -0.3 is 10.2 Å². The first kappa shape index (κ1) is 17.4. The van der Waals surface area contributed by atoms with Gasteiger partial charge in [0.05, 0.1) is 11.0 Å². The first-order valence-electron chi connectivity index (χ1n) is 8.24. The highest BCUT2D eigenvalue weighted by atomic mass is 32.2. The van der Waals surface area contributed by atoms with Gasteiger partial charge in [-0.05, 0) is 37.3 Å². The molecule has 2 N–H and O–H groups in total. The van der Waals surface area contributed by atoms with Gasteiger partial charge in [0.1, 0.15) is 5.41 Å². The number of rotatable bonds is 5. The number of nitrogens with zero attached hydrogens (tertiary/aromatic N) is 1. The second-order valence-corrected chi connectivity index (χ2v) is 8.92. The molecule has 3 rings (SSSR count). The summed E-state index contributed by atoms with van der Waals surface area (Å²) in [5, 5.41) is 20.1. The largest absolute Gasteiger partial charge is 0.481 e. The van der Waals surface area contributed by atoms with E-state index in [1.165, 1.54) is 4.31 Å². The minimum Gasteiger partial charge on any atom is -0.481 e. The van der Waals surface area contributed by atoms with Crippen LogP contribution in [0.15, 0.2) is 29.2 Å². The van der Waals surface area contributed by atoms with Crippen LogP contribution in [-0.2, 0) is 14.8 Å². The van der Waals surface area contributed by atoms with E-state index in [0.717, 1.165) is 12.8 Å². The van der Waals surface area contributed by atoms with Crippen molar-refractivity contribution in [2.24, 2.45) is 11.3 Å². The Morgan fingerprint density at radius 1 is 1.29 bits per heavy atom. The number of benzene rings is 1. The molecule has 0 bridgehead atoms. The molecular formula is C17H23NO5S. The van der Waals surface area contributed by atoms with Crippen molar-refractivity contribution < 1.29 is 23.4 Å². The summed E-state index contributed by atoms with van der Waals surface area (Å²) in [7, 11) is -3.78. The summed E-state index contributed by atoms with van der Waals surface area (Å²) in [4.78, 5) is 12.1. The summed E-state index contributed by atoms with van der Waals surface area (Å²) in [6.07, 6.45) is 1.37. The maximum Gasteiger partial charge on any atom is 0.313 e. The van der Waals surface area contributed by atoms with E-state index in [0.29, 0.717) is 12.0 Å². The summed E-state index contributed by atoms with van der Waals surface area (Å²) in [5.74, 6) is -0.830. The molecule has 0 radical (unpaired) electrons. The van der Waals surface area contributed by atoms with Crippen LogP contribution in [0.2, 0.25) is 0 Å². The van der Waals surface area contributed by atoms with Gasteiger partial charge in [-0.15, -0.1) is 0 Å². The van der Waals surface area contributed by atoms with Crippen LogP contribution in [0.4, 0.5) is 0 Å². The van der Waals surface area contributed by atoms with Crippen LogP contribution in [0.5, 0.6) is 0 Å². The second-order valence-electron chi connectivity index (χ2n) is 7.02. The maximum atomic E-state index is 13.0. The zero-order chi connectivity index (χ0) is 17.5. The van der Waals surface area contributed by atoms with E-state index in [1.54, 1.807) is 31.2 Å². The molecule has 2 fully saturated rings. The smallest absolute Gasteiger partial charge is 0.313 e. The lowest BCUT2D eigenvalue weighted by Gasteiger charge is -2.43. The zero-order valence-corrected chi connectivity index (χ0v) is 14.5.